The van der Waals surface area contributed by atoms with Gasteiger partial charge in [-0.15, -0.1) is 0 Å². The third-order valence-corrected chi connectivity index (χ3v) is 3.99. The largest absolute Gasteiger partial charge is 0.376 e. The lowest BCUT2D eigenvalue weighted by atomic mass is 10.1. The topological polar surface area (TPSA) is 76.0 Å². The number of aromatic amines is 1. The van der Waals surface area contributed by atoms with Crippen molar-refractivity contribution in [3.8, 4) is 0 Å². The van der Waals surface area contributed by atoms with E-state index >= 15 is 0 Å². The zero-order chi connectivity index (χ0) is 15.4. The Morgan fingerprint density at radius 1 is 1.50 bits per heavy atom. The van der Waals surface area contributed by atoms with Crippen molar-refractivity contribution >= 4 is 0 Å². The molecular weight excluding hydrogens is 282 g/mol. The molecule has 3 rings (SSSR count). The van der Waals surface area contributed by atoms with Crippen LogP contribution in [0, 0.1) is 0 Å². The molecule has 1 aliphatic rings. The molecule has 0 aromatic carbocycles. The van der Waals surface area contributed by atoms with E-state index in [0.717, 1.165) is 44.8 Å². The van der Waals surface area contributed by atoms with Gasteiger partial charge in [-0.2, -0.15) is 5.10 Å². The quantitative estimate of drug-likeness (QED) is 0.862. The van der Waals surface area contributed by atoms with Gasteiger partial charge in [0, 0.05) is 44.6 Å². The predicted octanol–water partition coefficient (Wildman–Crippen LogP) is 0.337. The zero-order valence-electron chi connectivity index (χ0n) is 12.7. The summed E-state index contributed by atoms with van der Waals surface area (Å²) in [5, 5.41) is 4.20. The van der Waals surface area contributed by atoms with E-state index in [4.69, 9.17) is 4.74 Å². The molecule has 0 saturated carbocycles. The monoisotopic (exact) mass is 303 g/mol. The average molecular weight is 303 g/mol. The number of hydrogen-bond donors (Lipinski definition) is 1. The molecule has 1 saturated heterocycles. The van der Waals surface area contributed by atoms with Crippen molar-refractivity contribution in [3.05, 3.63) is 46.4 Å². The first-order valence-electron chi connectivity index (χ1n) is 7.55. The maximum Gasteiger partial charge on any atom is 0.250 e. The van der Waals surface area contributed by atoms with Gasteiger partial charge < -0.3 is 9.72 Å². The Morgan fingerprint density at radius 3 is 3.18 bits per heavy atom. The fourth-order valence-corrected chi connectivity index (χ4v) is 2.74. The van der Waals surface area contributed by atoms with Crippen molar-refractivity contribution in [3.63, 3.8) is 0 Å². The minimum absolute atomic E-state index is 0.104. The Morgan fingerprint density at radius 2 is 2.41 bits per heavy atom. The van der Waals surface area contributed by atoms with Crippen molar-refractivity contribution in [2.45, 2.75) is 25.5 Å². The number of H-pyrrole nitrogens is 1. The van der Waals surface area contributed by atoms with E-state index < -0.39 is 0 Å². The summed E-state index contributed by atoms with van der Waals surface area (Å²) in [7, 11) is 1.96. The van der Waals surface area contributed by atoms with Gasteiger partial charge in [0.25, 0.3) is 5.56 Å². The van der Waals surface area contributed by atoms with E-state index in [1.54, 1.807) is 6.07 Å². The van der Waals surface area contributed by atoms with Gasteiger partial charge in [0.05, 0.1) is 24.7 Å². The lowest BCUT2D eigenvalue weighted by Crippen LogP contribution is -2.42. The van der Waals surface area contributed by atoms with Crippen LogP contribution in [0.2, 0.25) is 0 Å². The summed E-state index contributed by atoms with van der Waals surface area (Å²) in [6, 6.07) is 3.60. The molecule has 0 spiro atoms. The summed E-state index contributed by atoms with van der Waals surface area (Å²) < 4.78 is 7.74. The molecule has 7 heteroatoms. The highest BCUT2D eigenvalue weighted by atomic mass is 16.5. The molecule has 1 atom stereocenters. The summed E-state index contributed by atoms with van der Waals surface area (Å²) >= 11 is 0. The second kappa shape index (κ2) is 6.85. The summed E-state index contributed by atoms with van der Waals surface area (Å²) in [6.45, 7) is 3.46. The van der Waals surface area contributed by atoms with Crippen LogP contribution in [0.5, 0.6) is 0 Å². The lowest BCUT2D eigenvalue weighted by molar-refractivity contribution is -0.0353. The Kier molecular flexibility index (Phi) is 4.65. The first-order valence-corrected chi connectivity index (χ1v) is 7.55. The van der Waals surface area contributed by atoms with E-state index in [-0.39, 0.29) is 11.7 Å². The minimum Gasteiger partial charge on any atom is -0.376 e. The summed E-state index contributed by atoms with van der Waals surface area (Å²) in [5.41, 5.74) is 1.92. The van der Waals surface area contributed by atoms with Crippen LogP contribution in [0.4, 0.5) is 0 Å². The van der Waals surface area contributed by atoms with Gasteiger partial charge in [0.2, 0.25) is 0 Å². The fraction of sp³-hybridized carbons (Fsp3) is 0.533. The summed E-state index contributed by atoms with van der Waals surface area (Å²) in [5.74, 6) is 0. The number of morpholine rings is 1. The van der Waals surface area contributed by atoms with Gasteiger partial charge in [-0.25, -0.2) is 4.98 Å². The zero-order valence-corrected chi connectivity index (χ0v) is 12.7. The lowest BCUT2D eigenvalue weighted by Gasteiger charge is -2.32. The number of nitrogens with one attached hydrogen (secondary N) is 1. The Labute approximate surface area is 128 Å². The van der Waals surface area contributed by atoms with Crippen molar-refractivity contribution in [2.75, 3.05) is 19.7 Å². The molecule has 22 heavy (non-hydrogen) atoms. The van der Waals surface area contributed by atoms with Crippen LogP contribution in [0.25, 0.3) is 0 Å². The van der Waals surface area contributed by atoms with E-state index in [9.17, 15) is 4.79 Å². The van der Waals surface area contributed by atoms with Crippen LogP contribution in [0.1, 0.15) is 17.8 Å². The minimum atomic E-state index is -0.104. The molecule has 1 aliphatic heterocycles. The highest BCUT2D eigenvalue weighted by Crippen LogP contribution is 2.13. The van der Waals surface area contributed by atoms with E-state index in [0.29, 0.717) is 0 Å². The first kappa shape index (κ1) is 14.9. The molecule has 0 amide bonds. The number of aryl methyl sites for hydroxylation is 2. The number of hydrogen-bond acceptors (Lipinski definition) is 5. The number of aromatic nitrogens is 4. The maximum absolute atomic E-state index is 11.3. The molecule has 2 aromatic rings. The normalized spacial score (nSPS) is 19.4. The van der Waals surface area contributed by atoms with Gasteiger partial charge in [0.15, 0.2) is 0 Å². The molecule has 7 nitrogen and oxygen atoms in total. The van der Waals surface area contributed by atoms with Crippen LogP contribution >= 0.6 is 0 Å². The summed E-state index contributed by atoms with van der Waals surface area (Å²) in [4.78, 5) is 20.4. The standard InChI is InChI=1S/C15H21N5O2/c1-19-13(4-5-18-19)9-20-6-7-22-14(10-20)3-2-12-8-15(21)17-11-16-12/h4-5,8,11,14H,2-3,6-7,9-10H2,1H3,(H,16,17,21)/t14-/m0/s1. The van der Waals surface area contributed by atoms with Crippen LogP contribution in [0.3, 0.4) is 0 Å². The number of rotatable bonds is 5. The fourth-order valence-electron chi connectivity index (χ4n) is 2.74. The van der Waals surface area contributed by atoms with E-state index in [1.165, 1.54) is 12.0 Å². The molecular formula is C15H21N5O2. The molecule has 118 valence electrons. The molecule has 0 bridgehead atoms. The van der Waals surface area contributed by atoms with Gasteiger partial charge in [-0.1, -0.05) is 0 Å². The Bertz CT molecular complexity index is 666. The molecule has 0 aliphatic carbocycles. The highest BCUT2D eigenvalue weighted by Gasteiger charge is 2.21. The molecule has 2 aromatic heterocycles. The third kappa shape index (κ3) is 3.80. The first-order chi connectivity index (χ1) is 10.7. The second-order valence-electron chi connectivity index (χ2n) is 5.62. The van der Waals surface area contributed by atoms with Gasteiger partial charge in [0.1, 0.15) is 0 Å². The van der Waals surface area contributed by atoms with Crippen LogP contribution in [0.15, 0.2) is 29.5 Å². The SMILES string of the molecule is Cn1nccc1CN1CCO[C@@H](CCc2cc(=O)[nH]cn2)C1. The third-order valence-electron chi connectivity index (χ3n) is 3.99. The summed E-state index contributed by atoms with van der Waals surface area (Å²) in [6.07, 6.45) is 5.09. The Hall–Kier alpha value is -1.99. The second-order valence-corrected chi connectivity index (χ2v) is 5.62. The molecule has 1 N–H and O–H groups in total. The van der Waals surface area contributed by atoms with E-state index in [2.05, 4.69) is 20.0 Å². The van der Waals surface area contributed by atoms with Crippen LogP contribution in [-0.4, -0.2) is 50.4 Å². The number of nitrogens with zero attached hydrogens (tertiary/aromatic N) is 4. The molecule has 0 radical (unpaired) electrons. The molecule has 1 fully saturated rings. The Balaban J connectivity index is 1.52. The van der Waals surface area contributed by atoms with E-state index in [1.807, 2.05) is 24.0 Å². The van der Waals surface area contributed by atoms with Crippen molar-refractivity contribution in [1.82, 2.24) is 24.6 Å². The smallest absolute Gasteiger partial charge is 0.250 e. The average Bonchev–Trinajstić information content (AvgIpc) is 2.91. The molecule has 0 unspecified atom stereocenters. The van der Waals surface area contributed by atoms with Crippen LogP contribution < -0.4 is 5.56 Å². The number of ether oxygens (including phenoxy) is 1. The van der Waals surface area contributed by atoms with Crippen molar-refractivity contribution < 1.29 is 4.74 Å². The van der Waals surface area contributed by atoms with Crippen molar-refractivity contribution in [1.29, 1.82) is 0 Å². The van der Waals surface area contributed by atoms with Gasteiger partial charge in [-0.3, -0.25) is 14.4 Å². The maximum atomic E-state index is 11.3. The highest BCUT2D eigenvalue weighted by molar-refractivity contribution is 5.01. The van der Waals surface area contributed by atoms with Crippen molar-refractivity contribution in [2.24, 2.45) is 7.05 Å². The molecule has 3 heterocycles. The van der Waals surface area contributed by atoms with Crippen LogP contribution in [-0.2, 0) is 24.8 Å². The van der Waals surface area contributed by atoms with Gasteiger partial charge in [-0.05, 0) is 18.9 Å². The van der Waals surface area contributed by atoms with Gasteiger partial charge >= 0.3 is 0 Å². The predicted molar refractivity (Wildman–Crippen MR) is 81.4 cm³/mol.